The second kappa shape index (κ2) is 6.18. The number of rotatable bonds is 5. The van der Waals surface area contributed by atoms with Crippen LogP contribution >= 0.6 is 11.6 Å². The summed E-state index contributed by atoms with van der Waals surface area (Å²) in [4.78, 5) is 6.35. The smallest absolute Gasteiger partial charge is 0.0621 e. The van der Waals surface area contributed by atoms with E-state index in [1.54, 1.807) is 12.4 Å². The number of nitrogens with two attached hydrogens (primary N) is 1. The average molecular weight is 283 g/mol. The summed E-state index contributed by atoms with van der Waals surface area (Å²) in [5.41, 5.74) is 4.25. The van der Waals surface area contributed by atoms with Crippen molar-refractivity contribution in [1.29, 1.82) is 0 Å². The molecule has 0 saturated heterocycles. The van der Waals surface area contributed by atoms with Gasteiger partial charge in [0.1, 0.15) is 0 Å². The lowest BCUT2D eigenvalue weighted by Crippen LogP contribution is -2.60. The van der Waals surface area contributed by atoms with Crippen LogP contribution in [0.25, 0.3) is 0 Å². The molecule has 1 saturated carbocycles. The highest BCUT2D eigenvalue weighted by Crippen LogP contribution is 2.38. The monoisotopic (exact) mass is 282 g/mol. The Morgan fingerprint density at radius 1 is 1.47 bits per heavy atom. The fraction of sp³-hybridized carbons (Fsp3) is 0.643. The Hall–Kier alpha value is -0.680. The maximum atomic E-state index is 6.21. The molecule has 1 aromatic rings. The summed E-state index contributed by atoms with van der Waals surface area (Å²) in [5.74, 6) is 5.84. The highest BCUT2D eigenvalue weighted by Gasteiger charge is 2.42. The van der Waals surface area contributed by atoms with Crippen LogP contribution in [0, 0.1) is 0 Å². The minimum atomic E-state index is 0.126. The maximum Gasteiger partial charge on any atom is 0.0621 e. The van der Waals surface area contributed by atoms with Gasteiger partial charge in [-0.15, -0.1) is 0 Å². The Labute approximate surface area is 120 Å². The molecular weight excluding hydrogens is 260 g/mol. The first-order chi connectivity index (χ1) is 9.10. The zero-order valence-electron chi connectivity index (χ0n) is 11.7. The molecule has 1 aliphatic rings. The minimum Gasteiger partial charge on any atom is -0.302 e. The number of aromatic nitrogens is 1. The number of pyridine rings is 1. The molecule has 1 atom stereocenters. The molecule has 1 aliphatic carbocycles. The van der Waals surface area contributed by atoms with Gasteiger partial charge in [0.2, 0.25) is 0 Å². The van der Waals surface area contributed by atoms with Crippen molar-refractivity contribution in [2.24, 2.45) is 5.84 Å². The van der Waals surface area contributed by atoms with E-state index in [0.29, 0.717) is 0 Å². The van der Waals surface area contributed by atoms with Crippen molar-refractivity contribution < 1.29 is 0 Å². The quantitative estimate of drug-likeness (QED) is 0.641. The minimum absolute atomic E-state index is 0.126. The third kappa shape index (κ3) is 2.92. The van der Waals surface area contributed by atoms with E-state index in [9.17, 15) is 0 Å². The van der Waals surface area contributed by atoms with Crippen LogP contribution in [0.5, 0.6) is 0 Å². The summed E-state index contributed by atoms with van der Waals surface area (Å²) in [7, 11) is 4.29. The van der Waals surface area contributed by atoms with E-state index >= 15 is 0 Å². The Morgan fingerprint density at radius 2 is 2.16 bits per heavy atom. The van der Waals surface area contributed by atoms with Crippen LogP contribution in [0.2, 0.25) is 5.02 Å². The van der Waals surface area contributed by atoms with Gasteiger partial charge in [0.25, 0.3) is 0 Å². The second-order valence-electron chi connectivity index (χ2n) is 5.60. The Morgan fingerprint density at radius 3 is 2.68 bits per heavy atom. The van der Waals surface area contributed by atoms with Gasteiger partial charge in [0, 0.05) is 24.0 Å². The van der Waals surface area contributed by atoms with Crippen LogP contribution in [0.15, 0.2) is 18.5 Å². The molecule has 1 unspecified atom stereocenters. The molecular formula is C14H23ClN4. The van der Waals surface area contributed by atoms with Gasteiger partial charge in [0.05, 0.1) is 5.02 Å². The molecule has 106 valence electrons. The standard InChI is InChI=1S/C14H23ClN4/c1-19(2)14(6-3-4-7-14)13(18-16)9-11-5-8-17-10-12(11)15/h5,8,10,13,18H,3-4,6-7,9,16H2,1-2H3. The molecule has 0 aliphatic heterocycles. The molecule has 0 amide bonds. The molecule has 0 bridgehead atoms. The Bertz CT molecular complexity index is 416. The molecule has 1 aromatic heterocycles. The number of halogens is 1. The molecule has 1 heterocycles. The molecule has 3 N–H and O–H groups in total. The van der Waals surface area contributed by atoms with Gasteiger partial charge in [0.15, 0.2) is 0 Å². The number of hydrazine groups is 1. The number of nitrogens with one attached hydrogen (secondary N) is 1. The molecule has 0 radical (unpaired) electrons. The van der Waals surface area contributed by atoms with E-state index in [2.05, 4.69) is 29.4 Å². The fourth-order valence-electron chi connectivity index (χ4n) is 3.29. The van der Waals surface area contributed by atoms with E-state index in [4.69, 9.17) is 17.4 Å². The largest absolute Gasteiger partial charge is 0.302 e. The van der Waals surface area contributed by atoms with Crippen molar-refractivity contribution in [1.82, 2.24) is 15.3 Å². The molecule has 2 rings (SSSR count). The van der Waals surface area contributed by atoms with Crippen LogP contribution in [0.4, 0.5) is 0 Å². The van der Waals surface area contributed by atoms with Gasteiger partial charge in [-0.1, -0.05) is 24.4 Å². The van der Waals surface area contributed by atoms with Crippen molar-refractivity contribution in [2.75, 3.05) is 14.1 Å². The van der Waals surface area contributed by atoms with Gasteiger partial charge in [-0.05, 0) is 45.0 Å². The third-order valence-electron chi connectivity index (χ3n) is 4.49. The van der Waals surface area contributed by atoms with Gasteiger partial charge in [-0.2, -0.15) is 0 Å². The van der Waals surface area contributed by atoms with E-state index in [1.165, 1.54) is 25.7 Å². The van der Waals surface area contributed by atoms with Crippen LogP contribution in [-0.4, -0.2) is 35.6 Å². The second-order valence-corrected chi connectivity index (χ2v) is 6.00. The molecule has 1 fully saturated rings. The third-order valence-corrected chi connectivity index (χ3v) is 4.83. The predicted molar refractivity (Wildman–Crippen MR) is 78.9 cm³/mol. The Balaban J connectivity index is 2.22. The summed E-state index contributed by atoms with van der Waals surface area (Å²) in [6, 6.07) is 2.18. The van der Waals surface area contributed by atoms with Gasteiger partial charge < -0.3 is 4.90 Å². The highest BCUT2D eigenvalue weighted by molar-refractivity contribution is 6.31. The zero-order valence-corrected chi connectivity index (χ0v) is 12.5. The molecule has 5 heteroatoms. The van der Waals surface area contributed by atoms with E-state index < -0.39 is 0 Å². The lowest BCUT2D eigenvalue weighted by molar-refractivity contribution is 0.104. The zero-order chi connectivity index (χ0) is 13.9. The van der Waals surface area contributed by atoms with Crippen LogP contribution in [0.3, 0.4) is 0 Å². The first-order valence-corrected chi connectivity index (χ1v) is 7.20. The van der Waals surface area contributed by atoms with Crippen molar-refractivity contribution in [3.63, 3.8) is 0 Å². The summed E-state index contributed by atoms with van der Waals surface area (Å²) >= 11 is 6.21. The Kier molecular flexibility index (Phi) is 4.79. The molecule has 0 spiro atoms. The van der Waals surface area contributed by atoms with E-state index in [-0.39, 0.29) is 11.6 Å². The fourth-order valence-corrected chi connectivity index (χ4v) is 3.48. The van der Waals surface area contributed by atoms with Crippen molar-refractivity contribution in [2.45, 2.75) is 43.7 Å². The van der Waals surface area contributed by atoms with Gasteiger partial charge >= 0.3 is 0 Å². The van der Waals surface area contributed by atoms with Crippen LogP contribution < -0.4 is 11.3 Å². The normalized spacial score (nSPS) is 19.8. The van der Waals surface area contributed by atoms with E-state index in [1.807, 2.05) is 6.07 Å². The van der Waals surface area contributed by atoms with Gasteiger partial charge in [-0.3, -0.25) is 16.3 Å². The van der Waals surface area contributed by atoms with Crippen molar-refractivity contribution in [3.8, 4) is 0 Å². The average Bonchev–Trinajstić information content (AvgIpc) is 2.88. The number of nitrogens with zero attached hydrogens (tertiary/aromatic N) is 2. The predicted octanol–water partition coefficient (Wildman–Crippen LogP) is 1.98. The lowest BCUT2D eigenvalue weighted by atomic mass is 9.83. The van der Waals surface area contributed by atoms with Crippen molar-refractivity contribution in [3.05, 3.63) is 29.0 Å². The first-order valence-electron chi connectivity index (χ1n) is 6.82. The van der Waals surface area contributed by atoms with Crippen LogP contribution in [0.1, 0.15) is 31.2 Å². The summed E-state index contributed by atoms with van der Waals surface area (Å²) in [6.07, 6.45) is 9.19. The topological polar surface area (TPSA) is 54.2 Å². The lowest BCUT2D eigenvalue weighted by Gasteiger charge is -2.43. The number of hydrogen-bond donors (Lipinski definition) is 2. The summed E-state index contributed by atoms with van der Waals surface area (Å²) < 4.78 is 0. The van der Waals surface area contributed by atoms with E-state index in [0.717, 1.165) is 17.0 Å². The highest BCUT2D eigenvalue weighted by atomic mass is 35.5. The SMILES string of the molecule is CN(C)C1(C(Cc2ccncc2Cl)NN)CCCC1. The van der Waals surface area contributed by atoms with Gasteiger partial charge in [-0.25, -0.2) is 0 Å². The number of hydrogen-bond acceptors (Lipinski definition) is 4. The summed E-state index contributed by atoms with van der Waals surface area (Å²) in [6.45, 7) is 0. The summed E-state index contributed by atoms with van der Waals surface area (Å²) in [5, 5.41) is 0.717. The number of likely N-dealkylation sites (N-methyl/N-ethyl adjacent to an activating group) is 1. The first kappa shape index (κ1) is 14.7. The van der Waals surface area contributed by atoms with Crippen molar-refractivity contribution >= 4 is 11.6 Å². The maximum absolute atomic E-state index is 6.21. The molecule has 19 heavy (non-hydrogen) atoms. The molecule has 0 aromatic carbocycles. The van der Waals surface area contributed by atoms with Crippen LogP contribution in [-0.2, 0) is 6.42 Å². The molecule has 4 nitrogen and oxygen atoms in total.